The first-order valence-electron chi connectivity index (χ1n) is 15.0. The summed E-state index contributed by atoms with van der Waals surface area (Å²) in [7, 11) is -3.08. The van der Waals surface area contributed by atoms with Gasteiger partial charge in [-0.25, -0.2) is 17.5 Å². The van der Waals surface area contributed by atoms with Crippen molar-refractivity contribution in [1.82, 2.24) is 9.62 Å². The average Bonchev–Trinajstić information content (AvgIpc) is 3.32. The van der Waals surface area contributed by atoms with Gasteiger partial charge in [0.05, 0.1) is 40.5 Å². The summed E-state index contributed by atoms with van der Waals surface area (Å²) in [5, 5.41) is 6.89. The number of rotatable bonds is 12. The summed E-state index contributed by atoms with van der Waals surface area (Å²) in [6.07, 6.45) is -3.76. The number of fused-ring (bicyclic) bond motifs is 1. The van der Waals surface area contributed by atoms with Crippen LogP contribution in [0.15, 0.2) is 35.2 Å². The summed E-state index contributed by atoms with van der Waals surface area (Å²) < 4.78 is 93.9. The predicted octanol–water partition coefficient (Wildman–Crippen LogP) is 5.74. The molecule has 0 bridgehead atoms. The van der Waals surface area contributed by atoms with Crippen molar-refractivity contribution in [3.05, 3.63) is 46.6 Å². The number of methoxy groups -OCH3 is 1. The molecule has 2 aromatic carbocycles. The van der Waals surface area contributed by atoms with Crippen LogP contribution in [0.5, 0.6) is 5.75 Å². The number of anilines is 2. The highest BCUT2D eigenvalue weighted by Gasteiger charge is 2.31. The number of amides is 1. The van der Waals surface area contributed by atoms with Crippen LogP contribution in [-0.2, 0) is 26.0 Å². The molecule has 3 N–H and O–H groups in total. The van der Waals surface area contributed by atoms with E-state index in [1.165, 1.54) is 18.4 Å². The maximum absolute atomic E-state index is 14.9. The number of hydrogen-bond donors (Lipinski definition) is 3. The van der Waals surface area contributed by atoms with Gasteiger partial charge in [0.2, 0.25) is 5.91 Å². The molecule has 0 atom stereocenters. The number of benzene rings is 2. The Morgan fingerprint density at radius 1 is 1.15 bits per heavy atom. The molecule has 2 heterocycles. The number of sulfonamides is 1. The molecule has 3 aromatic rings. The van der Waals surface area contributed by atoms with Crippen molar-refractivity contribution < 1.29 is 40.2 Å². The Labute approximate surface area is 276 Å². The molecule has 0 spiro atoms. The normalized spacial score (nSPS) is 14.6. The highest BCUT2D eigenvalue weighted by atomic mass is 32.2. The van der Waals surface area contributed by atoms with Gasteiger partial charge >= 0.3 is 6.18 Å². The molecule has 9 nitrogen and oxygen atoms in total. The monoisotopic (exact) mass is 698 g/mol. The van der Waals surface area contributed by atoms with Gasteiger partial charge in [0.15, 0.2) is 0 Å². The van der Waals surface area contributed by atoms with Crippen molar-refractivity contribution in [2.24, 2.45) is 0 Å². The molecule has 256 valence electrons. The Hall–Kier alpha value is -3.58. The lowest BCUT2D eigenvalue weighted by atomic mass is 10.0. The van der Waals surface area contributed by atoms with Crippen LogP contribution in [0, 0.1) is 17.7 Å². The number of nitrogens with one attached hydrogen (secondary N) is 3. The first-order valence-corrected chi connectivity index (χ1v) is 17.3. The fourth-order valence-electron chi connectivity index (χ4n) is 5.28. The van der Waals surface area contributed by atoms with Crippen LogP contribution in [0.2, 0.25) is 0 Å². The fraction of sp³-hybridized carbons (Fsp3) is 0.469. The largest absolute Gasteiger partial charge is 0.489 e. The second kappa shape index (κ2) is 15.5. The van der Waals surface area contributed by atoms with E-state index in [0.717, 1.165) is 50.7 Å². The number of ether oxygens (including phenoxy) is 2. The molecular formula is C32H38F4N4O5S2. The summed E-state index contributed by atoms with van der Waals surface area (Å²) in [4.78, 5) is 13.2. The Bertz CT molecular complexity index is 1740. The Morgan fingerprint density at radius 3 is 2.51 bits per heavy atom. The van der Waals surface area contributed by atoms with E-state index >= 15 is 0 Å². The highest BCUT2D eigenvalue weighted by molar-refractivity contribution is 7.90. The lowest BCUT2D eigenvalue weighted by Crippen LogP contribution is -2.42. The summed E-state index contributed by atoms with van der Waals surface area (Å²) in [6, 6.07) is 7.76. The van der Waals surface area contributed by atoms with Gasteiger partial charge in [-0.15, -0.1) is 11.3 Å². The second-order valence-corrected chi connectivity index (χ2v) is 14.0. The van der Waals surface area contributed by atoms with E-state index in [-0.39, 0.29) is 47.7 Å². The number of thiophene rings is 1. The highest BCUT2D eigenvalue weighted by Crippen LogP contribution is 2.39. The van der Waals surface area contributed by atoms with E-state index in [1.807, 2.05) is 6.07 Å². The van der Waals surface area contributed by atoms with Gasteiger partial charge in [0.25, 0.3) is 10.0 Å². The van der Waals surface area contributed by atoms with Gasteiger partial charge in [0.1, 0.15) is 23.1 Å². The number of hydrogen-bond acceptors (Lipinski definition) is 9. The SMILES string of the molecule is COCCOc1cc(S(=O)(=O)NC(C)=O)c(F)cc1NCC#Cc1sc2c(NC3CCN(C(C)C)CC3)cccc2c1CC(F)(F)F. The minimum absolute atomic E-state index is 0.00207. The van der Waals surface area contributed by atoms with Crippen molar-refractivity contribution in [2.75, 3.05) is 50.6 Å². The van der Waals surface area contributed by atoms with E-state index in [1.54, 1.807) is 16.9 Å². The quantitative estimate of drug-likeness (QED) is 0.125. The minimum Gasteiger partial charge on any atom is -0.489 e. The number of carbonyl (C=O) groups excluding carboxylic acids is 1. The van der Waals surface area contributed by atoms with Gasteiger partial charge in [-0.05, 0) is 43.7 Å². The lowest BCUT2D eigenvalue weighted by Gasteiger charge is -2.35. The summed E-state index contributed by atoms with van der Waals surface area (Å²) in [5.41, 5.74) is 0.912. The van der Waals surface area contributed by atoms with Crippen molar-refractivity contribution in [2.45, 2.75) is 63.2 Å². The van der Waals surface area contributed by atoms with E-state index < -0.39 is 39.2 Å². The molecular weight excluding hydrogens is 661 g/mol. The van der Waals surface area contributed by atoms with Crippen LogP contribution in [0.1, 0.15) is 44.1 Å². The third-order valence-electron chi connectivity index (χ3n) is 7.53. The molecule has 0 aliphatic carbocycles. The van der Waals surface area contributed by atoms with E-state index in [9.17, 15) is 30.8 Å². The van der Waals surface area contributed by atoms with Crippen LogP contribution in [-0.4, -0.2) is 77.4 Å². The first kappa shape index (κ1) is 36.3. The molecule has 1 aromatic heterocycles. The van der Waals surface area contributed by atoms with Crippen molar-refractivity contribution in [3.8, 4) is 17.6 Å². The molecule has 4 rings (SSSR count). The van der Waals surface area contributed by atoms with E-state index in [2.05, 4.69) is 41.2 Å². The Balaban J connectivity index is 1.60. The number of alkyl halides is 3. The van der Waals surface area contributed by atoms with Crippen LogP contribution in [0.4, 0.5) is 28.9 Å². The topological polar surface area (TPSA) is 109 Å². The van der Waals surface area contributed by atoms with Gasteiger partial charge in [0, 0.05) is 51.3 Å². The molecule has 1 fully saturated rings. The Kier molecular flexibility index (Phi) is 12.0. The van der Waals surface area contributed by atoms with Crippen LogP contribution in [0.25, 0.3) is 10.1 Å². The fourth-order valence-corrected chi connectivity index (χ4v) is 7.52. The molecule has 1 aliphatic heterocycles. The molecule has 1 aliphatic rings. The van der Waals surface area contributed by atoms with E-state index in [4.69, 9.17) is 9.47 Å². The minimum atomic E-state index is -4.51. The zero-order valence-electron chi connectivity index (χ0n) is 26.5. The number of halogens is 4. The number of piperidine rings is 1. The lowest BCUT2D eigenvalue weighted by molar-refractivity contribution is -0.127. The standard InChI is InChI=1S/C32H38F4N4O5S2/c1-20(2)40-13-10-22(11-14-40)38-26-8-5-7-23-24(19-32(34,35)36)29(46-31(23)26)9-6-12-37-27-17-25(33)30(47(42,43)39-21(3)41)18-28(27)45-16-15-44-4/h5,7-8,17-18,20,22,37-38H,10-16,19H2,1-4H3,(H,39,41). The molecule has 47 heavy (non-hydrogen) atoms. The predicted molar refractivity (Wildman–Crippen MR) is 175 cm³/mol. The summed E-state index contributed by atoms with van der Waals surface area (Å²) in [5.74, 6) is 3.58. The van der Waals surface area contributed by atoms with Gasteiger partial charge in [-0.1, -0.05) is 24.0 Å². The number of nitrogens with zero attached hydrogens (tertiary/aromatic N) is 1. The van der Waals surface area contributed by atoms with Gasteiger partial charge in [-0.2, -0.15) is 13.2 Å². The molecule has 0 unspecified atom stereocenters. The van der Waals surface area contributed by atoms with E-state index in [0.29, 0.717) is 16.1 Å². The molecule has 15 heteroatoms. The second-order valence-electron chi connectivity index (χ2n) is 11.4. The maximum atomic E-state index is 14.9. The van der Waals surface area contributed by atoms with Crippen LogP contribution >= 0.6 is 11.3 Å². The average molecular weight is 699 g/mol. The molecule has 0 saturated carbocycles. The number of carbonyl (C=O) groups is 1. The zero-order chi connectivity index (χ0) is 34.4. The van der Waals surface area contributed by atoms with Crippen LogP contribution < -0.4 is 20.1 Å². The molecule has 0 radical (unpaired) electrons. The Morgan fingerprint density at radius 2 is 1.87 bits per heavy atom. The van der Waals surface area contributed by atoms with Crippen molar-refractivity contribution in [1.29, 1.82) is 0 Å². The number of likely N-dealkylation sites (tertiary alicyclic amines) is 1. The van der Waals surface area contributed by atoms with Crippen molar-refractivity contribution >= 4 is 48.7 Å². The van der Waals surface area contributed by atoms with Gasteiger partial charge < -0.3 is 25.0 Å². The summed E-state index contributed by atoms with van der Waals surface area (Å²) >= 11 is 1.19. The smallest absolute Gasteiger partial charge is 0.393 e. The molecule has 1 saturated heterocycles. The third-order valence-corrected chi connectivity index (χ3v) is 10.2. The maximum Gasteiger partial charge on any atom is 0.393 e. The first-order chi connectivity index (χ1) is 22.2. The van der Waals surface area contributed by atoms with Crippen molar-refractivity contribution in [3.63, 3.8) is 0 Å². The zero-order valence-corrected chi connectivity index (χ0v) is 28.1. The van der Waals surface area contributed by atoms with Gasteiger partial charge in [-0.3, -0.25) is 4.79 Å². The van der Waals surface area contributed by atoms with Crippen LogP contribution in [0.3, 0.4) is 0 Å². The third kappa shape index (κ3) is 9.72. The molecule has 1 amide bonds. The summed E-state index contributed by atoms with van der Waals surface area (Å²) in [6.45, 7) is 7.19.